The molecule has 1 aromatic rings. The first-order valence-electron chi connectivity index (χ1n) is 3.02. The second-order valence-electron chi connectivity index (χ2n) is 1.96. The molecule has 64 valence electrons. The molecule has 0 bridgehead atoms. The van der Waals surface area contributed by atoms with Crippen LogP contribution in [-0.2, 0) is 4.74 Å². The number of carbonyl (C=O) groups is 1. The maximum Gasteiger partial charge on any atom is 0.338 e. The predicted octanol–water partition coefficient (Wildman–Crippen LogP) is 1.08. The maximum absolute atomic E-state index is 10.9. The molecule has 0 fully saturated rings. The number of hydrogen-bond acceptors (Lipinski definition) is 4. The lowest BCUT2D eigenvalue weighted by Gasteiger charge is -1.96. The van der Waals surface area contributed by atoms with Gasteiger partial charge in [-0.25, -0.2) is 9.59 Å². The van der Waals surface area contributed by atoms with Crippen LogP contribution in [0.4, 0.5) is 0 Å². The Morgan fingerprint density at radius 1 is 1.58 bits per heavy atom. The van der Waals surface area contributed by atoms with Gasteiger partial charge in [-0.05, 0) is 11.6 Å². The van der Waals surface area contributed by atoms with Gasteiger partial charge in [0.05, 0.1) is 12.7 Å². The molecule has 0 aliphatic heterocycles. The molecule has 1 heterocycles. The van der Waals surface area contributed by atoms with E-state index in [1.165, 1.54) is 13.2 Å². The Morgan fingerprint density at radius 3 is 2.75 bits per heavy atom. The molecule has 0 N–H and O–H groups in total. The fourth-order valence-corrected chi connectivity index (χ4v) is 0.875. The quantitative estimate of drug-likeness (QED) is 0.619. The normalized spacial score (nSPS) is 9.50. The average Bonchev–Trinajstić information content (AvgIpc) is 2.01. The van der Waals surface area contributed by atoms with Gasteiger partial charge in [0.15, 0.2) is 5.22 Å². The molecule has 0 aromatic carbocycles. The van der Waals surface area contributed by atoms with Crippen LogP contribution in [0, 0.1) is 0 Å². The summed E-state index contributed by atoms with van der Waals surface area (Å²) in [4.78, 5) is 21.5. The van der Waals surface area contributed by atoms with Crippen molar-refractivity contribution >= 4 is 17.6 Å². The van der Waals surface area contributed by atoms with Crippen LogP contribution in [0.5, 0.6) is 0 Å². The lowest BCUT2D eigenvalue weighted by atomic mass is 10.3. The molecule has 0 aliphatic rings. The highest BCUT2D eigenvalue weighted by atomic mass is 35.5. The van der Waals surface area contributed by atoms with Crippen molar-refractivity contribution in [2.24, 2.45) is 0 Å². The van der Waals surface area contributed by atoms with E-state index in [1.54, 1.807) is 0 Å². The predicted molar refractivity (Wildman–Crippen MR) is 41.3 cm³/mol. The largest absolute Gasteiger partial charge is 0.465 e. The van der Waals surface area contributed by atoms with Gasteiger partial charge in [-0.2, -0.15) is 0 Å². The second kappa shape index (κ2) is 3.40. The van der Waals surface area contributed by atoms with Crippen molar-refractivity contribution in [3.05, 3.63) is 33.3 Å². The van der Waals surface area contributed by atoms with Gasteiger partial charge in [0.25, 0.3) is 0 Å². The molecule has 0 radical (unpaired) electrons. The van der Waals surface area contributed by atoms with Crippen molar-refractivity contribution < 1.29 is 13.9 Å². The monoisotopic (exact) mass is 188 g/mol. The second-order valence-corrected chi connectivity index (χ2v) is 2.33. The zero-order valence-corrected chi connectivity index (χ0v) is 6.92. The molecular weight excluding hydrogens is 184 g/mol. The summed E-state index contributed by atoms with van der Waals surface area (Å²) in [7, 11) is 1.21. The van der Waals surface area contributed by atoms with Gasteiger partial charge in [-0.1, -0.05) is 0 Å². The van der Waals surface area contributed by atoms with Gasteiger partial charge in [0.2, 0.25) is 0 Å². The van der Waals surface area contributed by atoms with Crippen molar-refractivity contribution in [1.82, 2.24) is 0 Å². The molecule has 5 heteroatoms. The third kappa shape index (κ3) is 1.85. The highest BCUT2D eigenvalue weighted by Crippen LogP contribution is 2.07. The van der Waals surface area contributed by atoms with Gasteiger partial charge < -0.3 is 9.15 Å². The van der Waals surface area contributed by atoms with E-state index in [1.807, 2.05) is 0 Å². The molecule has 0 atom stereocenters. The van der Waals surface area contributed by atoms with E-state index in [9.17, 15) is 9.59 Å². The number of hydrogen-bond donors (Lipinski definition) is 0. The first-order valence-corrected chi connectivity index (χ1v) is 3.40. The molecule has 1 aromatic heterocycles. The number of esters is 1. The van der Waals surface area contributed by atoms with Crippen molar-refractivity contribution in [2.75, 3.05) is 7.11 Å². The topological polar surface area (TPSA) is 56.5 Å². The van der Waals surface area contributed by atoms with Crippen LogP contribution in [0.1, 0.15) is 10.4 Å². The molecule has 0 amide bonds. The molecule has 0 spiro atoms. The number of rotatable bonds is 1. The first kappa shape index (κ1) is 8.80. The van der Waals surface area contributed by atoms with E-state index in [2.05, 4.69) is 9.15 Å². The molecule has 1 rings (SSSR count). The molecule has 0 aliphatic carbocycles. The van der Waals surface area contributed by atoms with Gasteiger partial charge in [-0.15, -0.1) is 0 Å². The van der Waals surface area contributed by atoms with Crippen LogP contribution < -0.4 is 5.63 Å². The number of methoxy groups -OCH3 is 1. The van der Waals surface area contributed by atoms with E-state index < -0.39 is 11.6 Å². The van der Waals surface area contributed by atoms with E-state index in [0.29, 0.717) is 0 Å². The minimum absolute atomic E-state index is 0.0822. The van der Waals surface area contributed by atoms with Gasteiger partial charge in [0, 0.05) is 12.1 Å². The summed E-state index contributed by atoms with van der Waals surface area (Å²) in [5.41, 5.74) is -0.596. The number of ether oxygens (including phenoxy) is 1. The summed E-state index contributed by atoms with van der Waals surface area (Å²) in [6, 6.07) is 2.23. The summed E-state index contributed by atoms with van der Waals surface area (Å²) in [6.45, 7) is 0. The Hall–Kier alpha value is -1.29. The van der Waals surface area contributed by atoms with Crippen LogP contribution in [0.25, 0.3) is 0 Å². The molecule has 0 saturated carbocycles. The first-order chi connectivity index (χ1) is 5.63. The Kier molecular flexibility index (Phi) is 2.50. The Labute approximate surface area is 72.7 Å². The van der Waals surface area contributed by atoms with E-state index in [-0.39, 0.29) is 10.8 Å². The fourth-order valence-electron chi connectivity index (χ4n) is 0.682. The Morgan fingerprint density at radius 2 is 2.25 bits per heavy atom. The minimum Gasteiger partial charge on any atom is -0.465 e. The maximum atomic E-state index is 10.9. The van der Waals surface area contributed by atoms with E-state index >= 15 is 0 Å². The van der Waals surface area contributed by atoms with Crippen LogP contribution >= 0.6 is 11.6 Å². The van der Waals surface area contributed by atoms with E-state index in [0.717, 1.165) is 6.07 Å². The van der Waals surface area contributed by atoms with E-state index in [4.69, 9.17) is 11.6 Å². The van der Waals surface area contributed by atoms with Crippen LogP contribution in [-0.4, -0.2) is 13.1 Å². The van der Waals surface area contributed by atoms with Gasteiger partial charge in [0.1, 0.15) is 0 Å². The van der Waals surface area contributed by atoms with Crippen molar-refractivity contribution in [2.45, 2.75) is 0 Å². The van der Waals surface area contributed by atoms with Crippen molar-refractivity contribution in [3.8, 4) is 0 Å². The van der Waals surface area contributed by atoms with Gasteiger partial charge >= 0.3 is 11.6 Å². The van der Waals surface area contributed by atoms with Crippen LogP contribution in [0.2, 0.25) is 5.22 Å². The highest BCUT2D eigenvalue weighted by molar-refractivity contribution is 6.29. The standard InChI is InChI=1S/C7H5ClO4/c1-11-7(10)4-2-5(8)12-6(9)3-4/h2-3H,1H3. The van der Waals surface area contributed by atoms with Crippen molar-refractivity contribution in [3.63, 3.8) is 0 Å². The molecule has 4 nitrogen and oxygen atoms in total. The SMILES string of the molecule is COC(=O)c1cc(Cl)oc(=O)c1. The summed E-state index contributed by atoms with van der Waals surface area (Å²) >= 11 is 5.38. The van der Waals surface area contributed by atoms with Crippen LogP contribution in [0.15, 0.2) is 21.3 Å². The summed E-state index contributed by atoms with van der Waals surface area (Å²) in [5.74, 6) is -0.621. The average molecular weight is 189 g/mol. The smallest absolute Gasteiger partial charge is 0.338 e. The fraction of sp³-hybridized carbons (Fsp3) is 0.143. The van der Waals surface area contributed by atoms with Crippen molar-refractivity contribution in [1.29, 1.82) is 0 Å². The summed E-state index contributed by atoms with van der Waals surface area (Å²) < 4.78 is 8.78. The third-order valence-electron chi connectivity index (χ3n) is 1.16. The van der Waals surface area contributed by atoms with Crippen LogP contribution in [0.3, 0.4) is 0 Å². The summed E-state index contributed by atoms with van der Waals surface area (Å²) in [6.07, 6.45) is 0. The minimum atomic E-state index is -0.678. The zero-order chi connectivity index (χ0) is 9.14. The highest BCUT2D eigenvalue weighted by Gasteiger charge is 2.07. The molecule has 0 unspecified atom stereocenters. The Bertz CT molecular complexity index is 355. The number of carbonyl (C=O) groups excluding carboxylic acids is 1. The molecule has 12 heavy (non-hydrogen) atoms. The Balaban J connectivity index is 3.17. The lowest BCUT2D eigenvalue weighted by molar-refractivity contribution is 0.0599. The molecule has 0 saturated heterocycles. The number of halogens is 1. The zero-order valence-electron chi connectivity index (χ0n) is 6.17. The third-order valence-corrected chi connectivity index (χ3v) is 1.35. The molecular formula is C7H5ClO4. The summed E-state index contributed by atoms with van der Waals surface area (Å²) in [5, 5.41) is -0.136. The van der Waals surface area contributed by atoms with Gasteiger partial charge in [-0.3, -0.25) is 0 Å². The lowest BCUT2D eigenvalue weighted by Crippen LogP contribution is -2.06.